The number of nitrogens with zero attached hydrogens (tertiary/aromatic N) is 3. The van der Waals surface area contributed by atoms with Gasteiger partial charge in [0.05, 0.1) is 28.5 Å². The Bertz CT molecular complexity index is 1490. The molecule has 4 aromatic rings. The van der Waals surface area contributed by atoms with Crippen molar-refractivity contribution in [3.8, 4) is 5.69 Å². The van der Waals surface area contributed by atoms with Gasteiger partial charge < -0.3 is 20.1 Å². The fourth-order valence-corrected chi connectivity index (χ4v) is 5.61. The molecule has 5 rings (SSSR count). The second-order valence-corrected chi connectivity index (χ2v) is 10.6. The molecule has 38 heavy (non-hydrogen) atoms. The van der Waals surface area contributed by atoms with Gasteiger partial charge in [-0.1, -0.05) is 49.7 Å². The van der Waals surface area contributed by atoms with Crippen molar-refractivity contribution in [2.45, 2.75) is 39.8 Å². The van der Waals surface area contributed by atoms with Gasteiger partial charge in [-0.15, -0.1) is 0 Å². The zero-order valence-corrected chi connectivity index (χ0v) is 23.3. The summed E-state index contributed by atoms with van der Waals surface area (Å²) in [4.78, 5) is 19.0. The van der Waals surface area contributed by atoms with E-state index in [1.165, 1.54) is 0 Å². The molecular formula is C30H30ClN5OS. The van der Waals surface area contributed by atoms with Crippen molar-refractivity contribution in [3.05, 3.63) is 107 Å². The minimum absolute atomic E-state index is 0.0838. The number of rotatable bonds is 6. The molecule has 0 unspecified atom stereocenters. The van der Waals surface area contributed by atoms with E-state index in [0.29, 0.717) is 15.8 Å². The lowest BCUT2D eigenvalue weighted by Gasteiger charge is -2.28. The van der Waals surface area contributed by atoms with Crippen molar-refractivity contribution < 1.29 is 4.79 Å². The van der Waals surface area contributed by atoms with Crippen LogP contribution in [0, 0.1) is 19.8 Å². The highest BCUT2D eigenvalue weighted by Gasteiger charge is 2.42. The number of anilines is 2. The third kappa shape index (κ3) is 4.79. The van der Waals surface area contributed by atoms with Crippen LogP contribution in [0.15, 0.2) is 79.0 Å². The van der Waals surface area contributed by atoms with Crippen LogP contribution in [-0.4, -0.2) is 20.6 Å². The molecule has 0 saturated carbocycles. The van der Waals surface area contributed by atoms with Gasteiger partial charge in [0, 0.05) is 34.9 Å². The number of nitrogens with one attached hydrogen (secondary N) is 2. The average molecular weight is 544 g/mol. The molecule has 1 saturated heterocycles. The molecule has 194 valence electrons. The van der Waals surface area contributed by atoms with Crippen LogP contribution >= 0.6 is 23.8 Å². The molecule has 2 aromatic carbocycles. The molecule has 2 aromatic heterocycles. The molecule has 8 heteroatoms. The number of carbonyl (C=O) groups excluding carboxylic acids is 1. The number of halogens is 1. The van der Waals surface area contributed by atoms with Gasteiger partial charge in [-0.3, -0.25) is 9.78 Å². The molecule has 0 bridgehead atoms. The first kappa shape index (κ1) is 25.9. The lowest BCUT2D eigenvalue weighted by molar-refractivity contribution is -0.118. The van der Waals surface area contributed by atoms with E-state index >= 15 is 0 Å². The number of hydrogen-bond donors (Lipinski definition) is 2. The van der Waals surface area contributed by atoms with E-state index in [1.54, 1.807) is 6.20 Å². The molecule has 1 fully saturated rings. The number of pyridine rings is 1. The second kappa shape index (κ2) is 10.6. The Kier molecular flexibility index (Phi) is 7.23. The zero-order chi connectivity index (χ0) is 27.0. The number of thiocarbonyl (C=S) groups is 1. The van der Waals surface area contributed by atoms with Gasteiger partial charge in [-0.2, -0.15) is 0 Å². The summed E-state index contributed by atoms with van der Waals surface area (Å²) >= 11 is 12.6. The maximum atomic E-state index is 12.3. The molecule has 1 aliphatic heterocycles. The number of aryl methyl sites for hydroxylation is 1. The average Bonchev–Trinajstić information content (AvgIpc) is 3.41. The van der Waals surface area contributed by atoms with Gasteiger partial charge in [0.2, 0.25) is 5.91 Å². The number of benzene rings is 2. The van der Waals surface area contributed by atoms with Crippen LogP contribution in [0.25, 0.3) is 5.69 Å². The van der Waals surface area contributed by atoms with E-state index in [4.69, 9.17) is 23.8 Å². The first-order chi connectivity index (χ1) is 18.3. The van der Waals surface area contributed by atoms with Crippen LogP contribution in [0.3, 0.4) is 0 Å². The van der Waals surface area contributed by atoms with Crippen LogP contribution in [0.5, 0.6) is 0 Å². The van der Waals surface area contributed by atoms with Crippen LogP contribution in [0.1, 0.15) is 48.6 Å². The number of amides is 1. The second-order valence-electron chi connectivity index (χ2n) is 9.80. The van der Waals surface area contributed by atoms with Gasteiger partial charge in [-0.05, 0) is 80.2 Å². The van der Waals surface area contributed by atoms with E-state index in [1.807, 2.05) is 68.4 Å². The number of hydrogen-bond acceptors (Lipinski definition) is 3. The molecule has 0 radical (unpaired) electrons. The van der Waals surface area contributed by atoms with Crippen molar-refractivity contribution in [3.63, 3.8) is 0 Å². The highest BCUT2D eigenvalue weighted by atomic mass is 35.5. The largest absolute Gasteiger partial charge is 0.351 e. The lowest BCUT2D eigenvalue weighted by Crippen LogP contribution is -2.29. The van der Waals surface area contributed by atoms with Crippen molar-refractivity contribution in [2.75, 3.05) is 10.2 Å². The molecule has 6 nitrogen and oxygen atoms in total. The van der Waals surface area contributed by atoms with Gasteiger partial charge in [0.1, 0.15) is 0 Å². The molecule has 3 heterocycles. The number of carbonyl (C=O) groups is 1. The third-order valence-corrected chi connectivity index (χ3v) is 7.54. The van der Waals surface area contributed by atoms with Gasteiger partial charge in [0.25, 0.3) is 0 Å². The summed E-state index contributed by atoms with van der Waals surface area (Å²) in [6.07, 6.45) is 1.80. The minimum atomic E-state index is -0.174. The SMILES string of the molecule is Cc1cc([C@@H]2[C@@H](c3ccccn3)NC(=S)N2c2ccc(NC(=O)C(C)C)c(Cl)c2)c(C)n1-c1ccccc1. The van der Waals surface area contributed by atoms with E-state index in [0.717, 1.165) is 34.0 Å². The number of aromatic nitrogens is 2. The molecule has 2 atom stereocenters. The maximum absolute atomic E-state index is 12.3. The Hall–Kier alpha value is -3.68. The van der Waals surface area contributed by atoms with E-state index in [9.17, 15) is 4.79 Å². The quantitative estimate of drug-likeness (QED) is 0.259. The van der Waals surface area contributed by atoms with Crippen LogP contribution in [0.2, 0.25) is 5.02 Å². The summed E-state index contributed by atoms with van der Waals surface area (Å²) < 4.78 is 2.27. The topological polar surface area (TPSA) is 62.2 Å². The van der Waals surface area contributed by atoms with E-state index < -0.39 is 0 Å². The molecular weight excluding hydrogens is 514 g/mol. The monoisotopic (exact) mass is 543 g/mol. The Morgan fingerprint density at radius 2 is 1.76 bits per heavy atom. The summed E-state index contributed by atoms with van der Waals surface area (Å²) in [7, 11) is 0. The first-order valence-corrected chi connectivity index (χ1v) is 13.4. The Labute approximate surface area is 233 Å². The minimum Gasteiger partial charge on any atom is -0.351 e. The summed E-state index contributed by atoms with van der Waals surface area (Å²) in [6, 6.07) is 23.8. The highest BCUT2D eigenvalue weighted by Crippen LogP contribution is 2.44. The van der Waals surface area contributed by atoms with Crippen LogP contribution in [0.4, 0.5) is 11.4 Å². The van der Waals surface area contributed by atoms with Crippen LogP contribution in [-0.2, 0) is 4.79 Å². The van der Waals surface area contributed by atoms with Gasteiger partial charge in [-0.25, -0.2) is 0 Å². The molecule has 2 N–H and O–H groups in total. The highest BCUT2D eigenvalue weighted by molar-refractivity contribution is 7.80. The van der Waals surface area contributed by atoms with E-state index in [2.05, 4.69) is 57.1 Å². The fraction of sp³-hybridized carbons (Fsp3) is 0.233. The van der Waals surface area contributed by atoms with Gasteiger partial charge in [0.15, 0.2) is 5.11 Å². The summed E-state index contributed by atoms with van der Waals surface area (Å²) in [5.41, 5.74) is 6.82. The summed E-state index contributed by atoms with van der Waals surface area (Å²) in [6.45, 7) is 7.95. The zero-order valence-electron chi connectivity index (χ0n) is 21.8. The first-order valence-electron chi connectivity index (χ1n) is 12.6. The van der Waals surface area contributed by atoms with E-state index in [-0.39, 0.29) is 23.9 Å². The molecule has 0 aliphatic carbocycles. The van der Waals surface area contributed by atoms with Crippen molar-refractivity contribution in [1.82, 2.24) is 14.9 Å². The smallest absolute Gasteiger partial charge is 0.226 e. The Morgan fingerprint density at radius 3 is 2.42 bits per heavy atom. The summed E-state index contributed by atoms with van der Waals surface area (Å²) in [5, 5.41) is 7.46. The molecule has 0 spiro atoms. The predicted octanol–water partition coefficient (Wildman–Crippen LogP) is 6.91. The third-order valence-electron chi connectivity index (χ3n) is 6.91. The maximum Gasteiger partial charge on any atom is 0.226 e. The van der Waals surface area contributed by atoms with Gasteiger partial charge >= 0.3 is 0 Å². The normalized spacial score (nSPS) is 17.1. The predicted molar refractivity (Wildman–Crippen MR) is 158 cm³/mol. The Balaban J connectivity index is 1.61. The fourth-order valence-electron chi connectivity index (χ4n) is 5.04. The lowest BCUT2D eigenvalue weighted by atomic mass is 9.96. The molecule has 1 aliphatic rings. The van der Waals surface area contributed by atoms with Crippen molar-refractivity contribution in [1.29, 1.82) is 0 Å². The standard InChI is InChI=1S/C30H30ClN5OS/c1-18(2)29(37)33-25-14-13-22(17-24(25)31)36-28(27(34-30(36)38)26-12-8-9-15-32-26)23-16-19(3)35(20(23)4)21-10-6-5-7-11-21/h5-18,27-28H,1-4H3,(H,33,37)(H,34,38)/t27-,28-/m1/s1. The Morgan fingerprint density at radius 1 is 1.03 bits per heavy atom. The van der Waals surface area contributed by atoms with Crippen LogP contribution < -0.4 is 15.5 Å². The van der Waals surface area contributed by atoms with Crippen molar-refractivity contribution in [2.24, 2.45) is 5.92 Å². The summed E-state index contributed by atoms with van der Waals surface area (Å²) in [5.74, 6) is -0.232. The van der Waals surface area contributed by atoms with Crippen molar-refractivity contribution >= 4 is 46.2 Å². The molecule has 1 amide bonds. The number of para-hydroxylation sites is 1.